The van der Waals surface area contributed by atoms with Crippen LogP contribution in [0.25, 0.3) is 0 Å². The second kappa shape index (κ2) is 6.45. The van der Waals surface area contributed by atoms with E-state index in [-0.39, 0.29) is 5.41 Å². The smallest absolute Gasteiger partial charge is 0.247 e. The molecule has 0 radical (unpaired) electrons. The van der Waals surface area contributed by atoms with Crippen molar-refractivity contribution in [1.29, 1.82) is 0 Å². The van der Waals surface area contributed by atoms with Gasteiger partial charge in [0, 0.05) is 16.3 Å². The van der Waals surface area contributed by atoms with E-state index in [1.165, 1.54) is 0 Å². The molecule has 2 aromatic carbocycles. The van der Waals surface area contributed by atoms with Crippen LogP contribution in [0.5, 0.6) is 0 Å². The molecule has 0 amide bonds. The summed E-state index contributed by atoms with van der Waals surface area (Å²) in [6, 6.07) is 15.7. The molecule has 0 aliphatic carbocycles. The van der Waals surface area contributed by atoms with Crippen molar-refractivity contribution in [1.82, 2.24) is 0 Å². The molecule has 2 nitrogen and oxygen atoms in total. The molecule has 2 aromatic rings. The molecule has 3 heteroatoms. The topological polar surface area (TPSA) is 29.4 Å². The van der Waals surface area contributed by atoms with Crippen molar-refractivity contribution >= 4 is 23.6 Å². The average molecular weight is 327 g/mol. The Hall–Kier alpha value is -1.66. The molecule has 0 aliphatic rings. The zero-order chi connectivity index (χ0) is 17.3. The lowest BCUT2D eigenvalue weighted by atomic mass is 9.91. The van der Waals surface area contributed by atoms with Gasteiger partial charge in [-0.25, -0.2) is 4.76 Å². The first-order chi connectivity index (χ1) is 10.7. The minimum atomic E-state index is -3.06. The van der Waals surface area contributed by atoms with Crippen molar-refractivity contribution in [3.8, 4) is 0 Å². The standard InChI is InChI=1S/C20H26NOP/c1-15-11-7-9-13-18(15)23(22,21-17(3)20(4,5)6)19-14-10-8-12-16(19)2/h7-14H,1-6H3/b21-17+. The van der Waals surface area contributed by atoms with Crippen LogP contribution >= 0.6 is 7.29 Å². The van der Waals surface area contributed by atoms with Gasteiger partial charge in [-0.05, 0) is 49.4 Å². The quantitative estimate of drug-likeness (QED) is 0.573. The minimum Gasteiger partial charge on any atom is -0.288 e. The Kier molecular flexibility index (Phi) is 4.96. The number of benzene rings is 2. The van der Waals surface area contributed by atoms with Crippen LogP contribution in [-0.4, -0.2) is 5.71 Å². The summed E-state index contributed by atoms with van der Waals surface area (Å²) in [6.07, 6.45) is 0. The van der Waals surface area contributed by atoms with E-state index in [2.05, 4.69) is 20.8 Å². The zero-order valence-electron chi connectivity index (χ0n) is 14.9. The lowest BCUT2D eigenvalue weighted by Crippen LogP contribution is -2.23. The fourth-order valence-corrected chi connectivity index (χ4v) is 5.28. The minimum absolute atomic E-state index is 0.110. The van der Waals surface area contributed by atoms with E-state index in [0.29, 0.717) is 0 Å². The van der Waals surface area contributed by atoms with Crippen LogP contribution < -0.4 is 10.6 Å². The molecule has 0 aromatic heterocycles. The van der Waals surface area contributed by atoms with E-state index in [1.807, 2.05) is 69.3 Å². The first kappa shape index (κ1) is 17.7. The Morgan fingerprint density at radius 3 is 1.61 bits per heavy atom. The number of nitrogens with zero attached hydrogens (tertiary/aromatic N) is 1. The number of hydrogen-bond acceptors (Lipinski definition) is 1. The van der Waals surface area contributed by atoms with Gasteiger partial charge in [-0.1, -0.05) is 57.2 Å². The Morgan fingerprint density at radius 2 is 1.26 bits per heavy atom. The summed E-state index contributed by atoms with van der Waals surface area (Å²) >= 11 is 0. The Labute approximate surface area is 140 Å². The van der Waals surface area contributed by atoms with E-state index in [9.17, 15) is 4.57 Å². The van der Waals surface area contributed by atoms with Crippen molar-refractivity contribution < 1.29 is 4.57 Å². The van der Waals surface area contributed by atoms with Gasteiger partial charge < -0.3 is 0 Å². The van der Waals surface area contributed by atoms with Crippen LogP contribution in [0.1, 0.15) is 38.8 Å². The second-order valence-electron chi connectivity index (χ2n) is 7.08. The van der Waals surface area contributed by atoms with Crippen molar-refractivity contribution in [2.24, 2.45) is 10.2 Å². The summed E-state index contributed by atoms with van der Waals surface area (Å²) in [6.45, 7) is 12.3. The van der Waals surface area contributed by atoms with Crippen LogP contribution in [0.2, 0.25) is 0 Å². The monoisotopic (exact) mass is 327 g/mol. The van der Waals surface area contributed by atoms with Crippen LogP contribution in [0.4, 0.5) is 0 Å². The SMILES string of the molecule is C/C(=N\P(=O)(c1ccccc1C)c1ccccc1C)C(C)(C)C. The average Bonchev–Trinajstić information content (AvgIpc) is 2.46. The highest BCUT2D eigenvalue weighted by Gasteiger charge is 2.31. The van der Waals surface area contributed by atoms with E-state index in [0.717, 1.165) is 27.4 Å². The summed E-state index contributed by atoms with van der Waals surface area (Å²) in [5.74, 6) is 0. The Morgan fingerprint density at radius 1 is 0.870 bits per heavy atom. The highest BCUT2D eigenvalue weighted by molar-refractivity contribution is 7.77. The molecule has 0 heterocycles. The van der Waals surface area contributed by atoms with Crippen LogP contribution in [-0.2, 0) is 4.57 Å². The molecule has 0 fully saturated rings. The summed E-state index contributed by atoms with van der Waals surface area (Å²) in [4.78, 5) is 0. The lowest BCUT2D eigenvalue weighted by molar-refractivity contribution is 0.578. The van der Waals surface area contributed by atoms with Crippen molar-refractivity contribution in [3.63, 3.8) is 0 Å². The summed E-state index contributed by atoms with van der Waals surface area (Å²) in [5.41, 5.74) is 2.84. The molecule has 0 atom stereocenters. The molecule has 0 N–H and O–H groups in total. The maximum absolute atomic E-state index is 14.1. The van der Waals surface area contributed by atoms with Gasteiger partial charge in [0.15, 0.2) is 0 Å². The molecule has 122 valence electrons. The van der Waals surface area contributed by atoms with Crippen molar-refractivity contribution in [2.45, 2.75) is 41.5 Å². The number of rotatable bonds is 3. The van der Waals surface area contributed by atoms with Gasteiger partial charge in [0.05, 0.1) is 0 Å². The molecule has 0 saturated carbocycles. The molecule has 0 spiro atoms. The predicted octanol–water partition coefficient (Wildman–Crippen LogP) is 5.04. The fraction of sp³-hybridized carbons (Fsp3) is 0.350. The molecule has 0 aliphatic heterocycles. The third kappa shape index (κ3) is 3.64. The molecular formula is C20H26NOP. The van der Waals surface area contributed by atoms with Gasteiger partial charge in [-0.3, -0.25) is 4.57 Å². The highest BCUT2D eigenvalue weighted by atomic mass is 31.2. The van der Waals surface area contributed by atoms with Gasteiger partial charge in [0.1, 0.15) is 0 Å². The van der Waals surface area contributed by atoms with Crippen LogP contribution in [0, 0.1) is 19.3 Å². The predicted molar refractivity (Wildman–Crippen MR) is 102 cm³/mol. The Bertz CT molecular complexity index is 735. The first-order valence-electron chi connectivity index (χ1n) is 7.96. The van der Waals surface area contributed by atoms with E-state index < -0.39 is 7.29 Å². The molecular weight excluding hydrogens is 301 g/mol. The molecule has 0 unspecified atom stereocenters. The molecule has 0 bridgehead atoms. The van der Waals surface area contributed by atoms with Gasteiger partial charge >= 0.3 is 0 Å². The van der Waals surface area contributed by atoms with Gasteiger partial charge in [0.2, 0.25) is 7.29 Å². The third-order valence-corrected chi connectivity index (χ3v) is 7.15. The normalized spacial score (nSPS) is 13.2. The van der Waals surface area contributed by atoms with Crippen LogP contribution in [0.15, 0.2) is 53.3 Å². The van der Waals surface area contributed by atoms with Crippen molar-refractivity contribution in [2.75, 3.05) is 0 Å². The van der Waals surface area contributed by atoms with Crippen LogP contribution in [0.3, 0.4) is 0 Å². The van der Waals surface area contributed by atoms with Gasteiger partial charge in [-0.2, -0.15) is 0 Å². The summed E-state index contributed by atoms with van der Waals surface area (Å²) in [7, 11) is -3.06. The zero-order valence-corrected chi connectivity index (χ0v) is 15.8. The maximum Gasteiger partial charge on any atom is 0.247 e. The first-order valence-corrected chi connectivity index (χ1v) is 9.62. The second-order valence-corrected chi connectivity index (χ2v) is 9.40. The number of hydrogen-bond donors (Lipinski definition) is 0. The van der Waals surface area contributed by atoms with E-state index in [1.54, 1.807) is 0 Å². The van der Waals surface area contributed by atoms with Crippen molar-refractivity contribution in [3.05, 3.63) is 59.7 Å². The summed E-state index contributed by atoms with van der Waals surface area (Å²) in [5, 5.41) is 1.66. The molecule has 0 saturated heterocycles. The number of aryl methyl sites for hydroxylation is 2. The fourth-order valence-electron chi connectivity index (χ4n) is 2.41. The lowest BCUT2D eigenvalue weighted by Gasteiger charge is -2.24. The molecule has 2 rings (SSSR count). The van der Waals surface area contributed by atoms with Gasteiger partial charge in [-0.15, -0.1) is 0 Å². The largest absolute Gasteiger partial charge is 0.288 e. The van der Waals surface area contributed by atoms with Gasteiger partial charge in [0.25, 0.3) is 0 Å². The van der Waals surface area contributed by atoms with E-state index >= 15 is 0 Å². The Balaban J connectivity index is 2.79. The van der Waals surface area contributed by atoms with E-state index in [4.69, 9.17) is 4.76 Å². The molecule has 23 heavy (non-hydrogen) atoms. The summed E-state index contributed by atoms with van der Waals surface area (Å²) < 4.78 is 18.9. The third-order valence-electron chi connectivity index (χ3n) is 4.26. The maximum atomic E-state index is 14.1. The highest BCUT2D eigenvalue weighted by Crippen LogP contribution is 2.48.